The number of allylic oxidation sites excluding steroid dienone is 1. The summed E-state index contributed by atoms with van der Waals surface area (Å²) in [5.74, 6) is 0. The van der Waals surface area contributed by atoms with Crippen molar-refractivity contribution < 1.29 is 4.79 Å². The summed E-state index contributed by atoms with van der Waals surface area (Å²) in [7, 11) is 0. The minimum absolute atomic E-state index is 0.466. The summed E-state index contributed by atoms with van der Waals surface area (Å²) in [5.41, 5.74) is 6.48. The average molecular weight is 233 g/mol. The van der Waals surface area contributed by atoms with Crippen molar-refractivity contribution in [2.24, 2.45) is 0 Å². The summed E-state index contributed by atoms with van der Waals surface area (Å²) in [5, 5.41) is 2.20. The van der Waals surface area contributed by atoms with Crippen molar-refractivity contribution in [2.75, 3.05) is 5.73 Å². The first-order chi connectivity index (χ1) is 5.27. The second-order valence-corrected chi connectivity index (χ2v) is 3.10. The van der Waals surface area contributed by atoms with Gasteiger partial charge in [-0.25, -0.2) is 4.98 Å². The van der Waals surface area contributed by atoms with E-state index in [-0.39, 0.29) is 0 Å². The van der Waals surface area contributed by atoms with Crippen molar-refractivity contribution >= 4 is 44.3 Å². The Balaban J connectivity index is 3.00. The van der Waals surface area contributed by atoms with Gasteiger partial charge in [0.2, 0.25) is 0 Å². The largest absolute Gasteiger partial charge is 0.375 e. The second-order valence-electron chi connectivity index (χ2n) is 1.75. The summed E-state index contributed by atoms with van der Waals surface area (Å²) < 4.78 is 0. The Kier molecular flexibility index (Phi) is 2.78. The first kappa shape index (κ1) is 8.42. The highest BCUT2D eigenvalue weighted by atomic mass is 79.9. The van der Waals surface area contributed by atoms with Gasteiger partial charge in [0.1, 0.15) is 0 Å². The molecule has 0 amide bonds. The Morgan fingerprint density at radius 2 is 2.55 bits per heavy atom. The molecule has 0 radical (unpaired) electrons. The lowest BCUT2D eigenvalue weighted by Gasteiger charge is -1.87. The average Bonchev–Trinajstić information content (AvgIpc) is 2.39. The number of nitrogens with two attached hydrogens (primary N) is 1. The van der Waals surface area contributed by atoms with E-state index < -0.39 is 0 Å². The molecule has 0 aliphatic carbocycles. The SMILES string of the molecule is Nc1nc(C(C=O)=CBr)cs1. The molecule has 11 heavy (non-hydrogen) atoms. The zero-order valence-electron chi connectivity index (χ0n) is 5.45. The lowest BCUT2D eigenvalue weighted by molar-refractivity contribution is -0.103. The van der Waals surface area contributed by atoms with Crippen LogP contribution in [0.25, 0.3) is 5.57 Å². The topological polar surface area (TPSA) is 56.0 Å². The molecule has 0 atom stereocenters. The number of halogens is 1. The Bertz CT molecular complexity index is 295. The number of aldehydes is 1. The molecule has 0 aromatic carbocycles. The number of anilines is 1. The number of carbonyl (C=O) groups is 1. The van der Waals surface area contributed by atoms with Crippen LogP contribution in [-0.4, -0.2) is 11.3 Å². The summed E-state index contributed by atoms with van der Waals surface area (Å²) in [6.07, 6.45) is 0.725. The monoisotopic (exact) mass is 232 g/mol. The lowest BCUT2D eigenvalue weighted by atomic mass is 10.3. The fourth-order valence-electron chi connectivity index (χ4n) is 0.562. The van der Waals surface area contributed by atoms with Crippen LogP contribution in [-0.2, 0) is 4.79 Å². The van der Waals surface area contributed by atoms with Crippen LogP contribution >= 0.6 is 27.3 Å². The predicted octanol–water partition coefficient (Wildman–Crippen LogP) is 1.66. The molecule has 2 N–H and O–H groups in total. The lowest BCUT2D eigenvalue weighted by Crippen LogP contribution is -1.86. The van der Waals surface area contributed by atoms with Gasteiger partial charge in [0.25, 0.3) is 0 Å². The first-order valence-corrected chi connectivity index (χ1v) is 4.54. The number of carbonyl (C=O) groups excluding carboxylic acids is 1. The summed E-state index contributed by atoms with van der Waals surface area (Å²) in [6.45, 7) is 0. The maximum atomic E-state index is 10.4. The van der Waals surface area contributed by atoms with E-state index in [2.05, 4.69) is 20.9 Å². The molecule has 0 unspecified atom stereocenters. The van der Waals surface area contributed by atoms with Crippen LogP contribution in [0.3, 0.4) is 0 Å². The van der Waals surface area contributed by atoms with Gasteiger partial charge in [0.05, 0.1) is 5.69 Å². The number of hydrogen-bond acceptors (Lipinski definition) is 4. The molecule has 1 heterocycles. The third kappa shape index (κ3) is 1.87. The van der Waals surface area contributed by atoms with E-state index in [0.717, 1.165) is 6.29 Å². The first-order valence-electron chi connectivity index (χ1n) is 2.75. The van der Waals surface area contributed by atoms with Gasteiger partial charge in [0, 0.05) is 11.0 Å². The molecule has 0 fully saturated rings. The molecule has 0 saturated heterocycles. The Hall–Kier alpha value is -0.680. The quantitative estimate of drug-likeness (QED) is 0.624. The van der Waals surface area contributed by atoms with Gasteiger partial charge in [-0.05, 0) is 4.99 Å². The predicted molar refractivity (Wildman–Crippen MR) is 49.5 cm³/mol. The number of thiazole rings is 1. The van der Waals surface area contributed by atoms with E-state index >= 15 is 0 Å². The molecule has 1 aromatic rings. The van der Waals surface area contributed by atoms with E-state index in [4.69, 9.17) is 5.73 Å². The molecule has 0 aliphatic heterocycles. The van der Waals surface area contributed by atoms with E-state index in [1.807, 2.05) is 0 Å². The van der Waals surface area contributed by atoms with Gasteiger partial charge >= 0.3 is 0 Å². The zero-order chi connectivity index (χ0) is 8.27. The van der Waals surface area contributed by atoms with Crippen molar-refractivity contribution in [3.05, 3.63) is 16.1 Å². The van der Waals surface area contributed by atoms with Crippen LogP contribution in [0.1, 0.15) is 5.69 Å². The van der Waals surface area contributed by atoms with Gasteiger partial charge in [-0.3, -0.25) is 4.79 Å². The van der Waals surface area contributed by atoms with Gasteiger partial charge in [-0.1, -0.05) is 15.9 Å². The molecule has 58 valence electrons. The highest BCUT2D eigenvalue weighted by Gasteiger charge is 2.02. The molecule has 0 spiro atoms. The maximum Gasteiger partial charge on any atom is 0.180 e. The third-order valence-corrected chi connectivity index (χ3v) is 2.23. The molecule has 1 rings (SSSR count). The number of hydrogen-bond donors (Lipinski definition) is 1. The Morgan fingerprint density at radius 3 is 2.91 bits per heavy atom. The molecular formula is C6H5BrN2OS. The number of aromatic nitrogens is 1. The highest BCUT2D eigenvalue weighted by Crippen LogP contribution is 2.18. The molecule has 1 aromatic heterocycles. The Morgan fingerprint density at radius 1 is 1.82 bits per heavy atom. The fraction of sp³-hybridized carbons (Fsp3) is 0. The summed E-state index contributed by atoms with van der Waals surface area (Å²) in [4.78, 5) is 15.8. The number of rotatable bonds is 2. The highest BCUT2D eigenvalue weighted by molar-refractivity contribution is 9.11. The van der Waals surface area contributed by atoms with Crippen LogP contribution < -0.4 is 5.73 Å². The third-order valence-electron chi connectivity index (χ3n) is 1.06. The fourth-order valence-corrected chi connectivity index (χ4v) is 1.48. The smallest absolute Gasteiger partial charge is 0.180 e. The second kappa shape index (κ2) is 3.64. The minimum atomic E-state index is 0.466. The van der Waals surface area contributed by atoms with E-state index in [1.165, 1.54) is 16.3 Å². The number of nitrogen functional groups attached to an aromatic ring is 1. The van der Waals surface area contributed by atoms with E-state index in [1.54, 1.807) is 5.38 Å². The molecule has 0 aliphatic rings. The Labute approximate surface area is 76.1 Å². The van der Waals surface area contributed by atoms with E-state index in [0.29, 0.717) is 16.4 Å². The normalized spacial score (nSPS) is 11.5. The zero-order valence-corrected chi connectivity index (χ0v) is 7.85. The van der Waals surface area contributed by atoms with Crippen LogP contribution in [0.2, 0.25) is 0 Å². The summed E-state index contributed by atoms with van der Waals surface area (Å²) >= 11 is 4.36. The van der Waals surface area contributed by atoms with Crippen molar-refractivity contribution in [1.29, 1.82) is 0 Å². The molecule has 3 nitrogen and oxygen atoms in total. The van der Waals surface area contributed by atoms with Crippen molar-refractivity contribution in [3.63, 3.8) is 0 Å². The van der Waals surface area contributed by atoms with Crippen LogP contribution in [0.15, 0.2) is 10.4 Å². The van der Waals surface area contributed by atoms with Crippen LogP contribution in [0.5, 0.6) is 0 Å². The molecule has 5 heteroatoms. The molecular weight excluding hydrogens is 228 g/mol. The van der Waals surface area contributed by atoms with E-state index in [9.17, 15) is 4.79 Å². The van der Waals surface area contributed by atoms with Crippen molar-refractivity contribution in [1.82, 2.24) is 4.98 Å². The van der Waals surface area contributed by atoms with Gasteiger partial charge in [0.15, 0.2) is 11.4 Å². The minimum Gasteiger partial charge on any atom is -0.375 e. The van der Waals surface area contributed by atoms with Crippen molar-refractivity contribution in [3.8, 4) is 0 Å². The molecule has 0 saturated carbocycles. The van der Waals surface area contributed by atoms with Gasteiger partial charge < -0.3 is 5.73 Å². The number of nitrogens with zero attached hydrogens (tertiary/aromatic N) is 1. The maximum absolute atomic E-state index is 10.4. The van der Waals surface area contributed by atoms with Crippen molar-refractivity contribution in [2.45, 2.75) is 0 Å². The molecule has 0 bridgehead atoms. The summed E-state index contributed by atoms with van der Waals surface area (Å²) in [6, 6.07) is 0. The van der Waals surface area contributed by atoms with Crippen LogP contribution in [0.4, 0.5) is 5.13 Å². The van der Waals surface area contributed by atoms with Gasteiger partial charge in [-0.15, -0.1) is 11.3 Å². The standard InChI is InChI=1S/C6H5BrN2OS/c7-1-4(2-10)5-3-11-6(8)9-5/h1-3H,(H2,8,9). The van der Waals surface area contributed by atoms with Crippen LogP contribution in [0, 0.1) is 0 Å². The van der Waals surface area contributed by atoms with Gasteiger partial charge in [-0.2, -0.15) is 0 Å².